The van der Waals surface area contributed by atoms with E-state index in [1.54, 1.807) is 4.68 Å². The van der Waals surface area contributed by atoms with Gasteiger partial charge in [-0.3, -0.25) is 4.79 Å². The molecule has 0 saturated heterocycles. The van der Waals surface area contributed by atoms with E-state index in [0.717, 1.165) is 29.2 Å². The van der Waals surface area contributed by atoms with Gasteiger partial charge in [-0.05, 0) is 62.1 Å². The van der Waals surface area contributed by atoms with E-state index in [-0.39, 0.29) is 11.8 Å². The van der Waals surface area contributed by atoms with E-state index in [9.17, 15) is 4.79 Å². The minimum atomic E-state index is -0.0520. The van der Waals surface area contributed by atoms with Gasteiger partial charge in [0.15, 0.2) is 0 Å². The molecule has 1 heterocycles. The molecule has 3 aromatic rings. The lowest BCUT2D eigenvalue weighted by Gasteiger charge is -2.25. The molecule has 0 atom stereocenters. The molecule has 0 spiro atoms. The molecule has 1 aliphatic carbocycles. The average Bonchev–Trinajstić information content (AvgIpc) is 3.53. The molecule has 0 bridgehead atoms. The summed E-state index contributed by atoms with van der Waals surface area (Å²) in [6.07, 6.45) is 2.39. The highest BCUT2D eigenvalue weighted by Gasteiger charge is 2.30. The minimum Gasteiger partial charge on any atom is -0.439 e. The van der Waals surface area contributed by atoms with Crippen LogP contribution in [-0.2, 0) is 11.3 Å². The summed E-state index contributed by atoms with van der Waals surface area (Å²) >= 11 is 6.09. The molecule has 6 heteroatoms. The molecule has 0 unspecified atom stereocenters. The fourth-order valence-corrected chi connectivity index (χ4v) is 3.71. The van der Waals surface area contributed by atoms with Crippen molar-refractivity contribution in [2.75, 3.05) is 6.54 Å². The SMILES string of the molecule is Cc1nn(-c2ccc(Cl)cc2)c(Oc2ccccc2)c1CN(CC1CC1)C(=O)C(C)C. The molecule has 1 aromatic heterocycles. The van der Waals surface area contributed by atoms with Crippen LogP contribution in [0.3, 0.4) is 0 Å². The zero-order valence-corrected chi connectivity index (χ0v) is 19.0. The molecule has 1 saturated carbocycles. The van der Waals surface area contributed by atoms with Gasteiger partial charge in [-0.2, -0.15) is 5.10 Å². The molecule has 162 valence electrons. The minimum absolute atomic E-state index is 0.0520. The van der Waals surface area contributed by atoms with Gasteiger partial charge in [-0.15, -0.1) is 0 Å². The molecule has 31 heavy (non-hydrogen) atoms. The molecule has 0 aliphatic heterocycles. The molecule has 1 fully saturated rings. The quantitative estimate of drug-likeness (QED) is 0.432. The van der Waals surface area contributed by atoms with Gasteiger partial charge in [0.05, 0.1) is 23.5 Å². The Morgan fingerprint density at radius 1 is 1.16 bits per heavy atom. The van der Waals surface area contributed by atoms with Gasteiger partial charge in [-0.25, -0.2) is 4.68 Å². The highest BCUT2D eigenvalue weighted by atomic mass is 35.5. The smallest absolute Gasteiger partial charge is 0.227 e. The number of aromatic nitrogens is 2. The Bertz CT molecular complexity index is 1040. The van der Waals surface area contributed by atoms with Crippen molar-refractivity contribution < 1.29 is 9.53 Å². The van der Waals surface area contributed by atoms with E-state index in [1.165, 1.54) is 12.8 Å². The number of rotatable bonds is 8. The Kier molecular flexibility index (Phi) is 6.33. The molecule has 4 rings (SSSR count). The number of carbonyl (C=O) groups is 1. The predicted octanol–water partition coefficient (Wildman–Crippen LogP) is 6.02. The van der Waals surface area contributed by atoms with Crippen molar-refractivity contribution in [2.24, 2.45) is 11.8 Å². The molecular formula is C25H28ClN3O2. The van der Waals surface area contributed by atoms with Gasteiger partial charge >= 0.3 is 0 Å². The van der Waals surface area contributed by atoms with Gasteiger partial charge in [0.25, 0.3) is 0 Å². The van der Waals surface area contributed by atoms with Crippen LogP contribution in [0.1, 0.15) is 37.9 Å². The highest BCUT2D eigenvalue weighted by molar-refractivity contribution is 6.30. The fourth-order valence-electron chi connectivity index (χ4n) is 3.58. The number of hydrogen-bond acceptors (Lipinski definition) is 3. The van der Waals surface area contributed by atoms with Crippen molar-refractivity contribution in [3.8, 4) is 17.3 Å². The second-order valence-electron chi connectivity index (χ2n) is 8.49. The summed E-state index contributed by atoms with van der Waals surface area (Å²) in [4.78, 5) is 14.9. The van der Waals surface area contributed by atoms with Gasteiger partial charge in [0.2, 0.25) is 11.8 Å². The van der Waals surface area contributed by atoms with Crippen LogP contribution in [0.5, 0.6) is 11.6 Å². The lowest BCUT2D eigenvalue weighted by atomic mass is 10.1. The highest BCUT2D eigenvalue weighted by Crippen LogP contribution is 2.34. The summed E-state index contributed by atoms with van der Waals surface area (Å²) in [5.41, 5.74) is 2.63. The third-order valence-electron chi connectivity index (χ3n) is 5.50. The first-order chi connectivity index (χ1) is 14.9. The molecule has 5 nitrogen and oxygen atoms in total. The predicted molar refractivity (Wildman–Crippen MR) is 123 cm³/mol. The van der Waals surface area contributed by atoms with Crippen molar-refractivity contribution in [2.45, 2.75) is 40.2 Å². The van der Waals surface area contributed by atoms with Gasteiger partial charge in [-0.1, -0.05) is 43.6 Å². The number of nitrogens with zero attached hydrogens (tertiary/aromatic N) is 3. The first-order valence-corrected chi connectivity index (χ1v) is 11.2. The maximum atomic E-state index is 12.9. The number of ether oxygens (including phenoxy) is 1. The standard InChI is InChI=1S/C25H28ClN3O2/c1-17(2)24(30)28(15-19-9-10-19)16-23-18(3)27-29(21-13-11-20(26)12-14-21)25(23)31-22-7-5-4-6-8-22/h4-8,11-14,17,19H,9-10,15-16H2,1-3H3. The number of carbonyl (C=O) groups excluding carboxylic acids is 1. The summed E-state index contributed by atoms with van der Waals surface area (Å²) in [5, 5.41) is 5.43. The van der Waals surface area contributed by atoms with Crippen molar-refractivity contribution in [3.63, 3.8) is 0 Å². The summed E-state index contributed by atoms with van der Waals surface area (Å²) in [7, 11) is 0. The first-order valence-electron chi connectivity index (χ1n) is 10.8. The van der Waals surface area contributed by atoms with Crippen LogP contribution in [0.25, 0.3) is 5.69 Å². The normalized spacial score (nSPS) is 13.5. The zero-order chi connectivity index (χ0) is 22.0. The summed E-state index contributed by atoms with van der Waals surface area (Å²) in [6.45, 7) is 7.14. The van der Waals surface area contributed by atoms with Crippen LogP contribution < -0.4 is 4.74 Å². The van der Waals surface area contributed by atoms with Crippen LogP contribution in [0, 0.1) is 18.8 Å². The topological polar surface area (TPSA) is 47.4 Å². The van der Waals surface area contributed by atoms with E-state index in [2.05, 4.69) is 0 Å². The lowest BCUT2D eigenvalue weighted by molar-refractivity contribution is -0.135. The molecule has 1 amide bonds. The molecule has 2 aromatic carbocycles. The molecule has 1 aliphatic rings. The Labute approximate surface area is 188 Å². The molecular weight excluding hydrogens is 410 g/mol. The maximum Gasteiger partial charge on any atom is 0.227 e. The van der Waals surface area contributed by atoms with Crippen molar-refractivity contribution >= 4 is 17.5 Å². The van der Waals surface area contributed by atoms with Crippen LogP contribution in [-0.4, -0.2) is 27.1 Å². The first kappa shape index (κ1) is 21.4. The van der Waals surface area contributed by atoms with E-state index < -0.39 is 0 Å². The van der Waals surface area contributed by atoms with Gasteiger partial charge < -0.3 is 9.64 Å². The number of amides is 1. The number of hydrogen-bond donors (Lipinski definition) is 0. The maximum absolute atomic E-state index is 12.9. The van der Waals surface area contributed by atoms with E-state index in [1.807, 2.05) is 80.3 Å². The Balaban J connectivity index is 1.74. The van der Waals surface area contributed by atoms with Crippen molar-refractivity contribution in [1.82, 2.24) is 14.7 Å². The Hall–Kier alpha value is -2.79. The van der Waals surface area contributed by atoms with E-state index in [4.69, 9.17) is 21.4 Å². The summed E-state index contributed by atoms with van der Waals surface area (Å²) in [5.74, 6) is 2.07. The number of para-hydroxylation sites is 1. The van der Waals surface area contributed by atoms with Crippen LogP contribution in [0.2, 0.25) is 5.02 Å². The summed E-state index contributed by atoms with van der Waals surface area (Å²) in [6, 6.07) is 17.2. The second-order valence-corrected chi connectivity index (χ2v) is 8.93. The number of benzene rings is 2. The number of halogens is 1. The van der Waals surface area contributed by atoms with Crippen LogP contribution in [0.15, 0.2) is 54.6 Å². The third kappa shape index (κ3) is 5.10. The van der Waals surface area contributed by atoms with E-state index >= 15 is 0 Å². The lowest BCUT2D eigenvalue weighted by Crippen LogP contribution is -2.35. The monoisotopic (exact) mass is 437 g/mol. The van der Waals surface area contributed by atoms with Crippen LogP contribution in [0.4, 0.5) is 0 Å². The average molecular weight is 438 g/mol. The largest absolute Gasteiger partial charge is 0.439 e. The zero-order valence-electron chi connectivity index (χ0n) is 18.2. The van der Waals surface area contributed by atoms with Crippen molar-refractivity contribution in [1.29, 1.82) is 0 Å². The van der Waals surface area contributed by atoms with Gasteiger partial charge in [0, 0.05) is 17.5 Å². The molecule has 0 N–H and O–H groups in total. The number of aryl methyl sites for hydroxylation is 1. The summed E-state index contributed by atoms with van der Waals surface area (Å²) < 4.78 is 8.13. The van der Waals surface area contributed by atoms with Gasteiger partial charge in [0.1, 0.15) is 5.75 Å². The third-order valence-corrected chi connectivity index (χ3v) is 5.75. The van der Waals surface area contributed by atoms with E-state index in [0.29, 0.717) is 23.4 Å². The van der Waals surface area contributed by atoms with Crippen molar-refractivity contribution in [3.05, 3.63) is 70.9 Å². The Morgan fingerprint density at radius 3 is 2.45 bits per heavy atom. The fraction of sp³-hybridized carbons (Fsp3) is 0.360. The second kappa shape index (κ2) is 9.15. The molecule has 0 radical (unpaired) electrons. The van der Waals surface area contributed by atoms with Crippen LogP contribution >= 0.6 is 11.6 Å². The Morgan fingerprint density at radius 2 is 1.84 bits per heavy atom.